The first kappa shape index (κ1) is 20.6. The first-order valence-corrected chi connectivity index (χ1v) is 10.2. The molecule has 1 aliphatic heterocycles. The van der Waals surface area contributed by atoms with Crippen molar-refractivity contribution < 1.29 is 18.7 Å². The highest BCUT2D eigenvalue weighted by molar-refractivity contribution is 5.99. The van der Waals surface area contributed by atoms with Crippen LogP contribution in [0.4, 0.5) is 10.1 Å². The molecule has 0 saturated carbocycles. The van der Waals surface area contributed by atoms with Crippen LogP contribution in [-0.2, 0) is 11.3 Å². The number of ether oxygens (including phenoxy) is 1. The van der Waals surface area contributed by atoms with Crippen LogP contribution in [0.2, 0.25) is 0 Å². The van der Waals surface area contributed by atoms with Crippen LogP contribution in [0.5, 0.6) is 5.75 Å². The summed E-state index contributed by atoms with van der Waals surface area (Å²) in [7, 11) is 0. The molecule has 1 atom stereocenters. The molecule has 1 unspecified atom stereocenters. The number of amides is 2. The van der Waals surface area contributed by atoms with Crippen molar-refractivity contribution in [3.63, 3.8) is 0 Å². The van der Waals surface area contributed by atoms with Gasteiger partial charge in [0.25, 0.3) is 5.91 Å². The van der Waals surface area contributed by atoms with E-state index in [0.29, 0.717) is 30.0 Å². The molecule has 0 saturated heterocycles. The maximum Gasteiger partial charge on any atom is 0.255 e. The molecule has 2 amide bonds. The lowest BCUT2D eigenvalue weighted by atomic mass is 10.0. The zero-order valence-electron chi connectivity index (χ0n) is 17.2. The summed E-state index contributed by atoms with van der Waals surface area (Å²) < 4.78 is 18.9. The molecule has 3 aromatic carbocycles. The fourth-order valence-electron chi connectivity index (χ4n) is 3.81. The summed E-state index contributed by atoms with van der Waals surface area (Å²) in [6.45, 7) is 2.88. The Morgan fingerprint density at radius 1 is 1.06 bits per heavy atom. The number of carbonyl (C=O) groups excluding carboxylic acids is 2. The van der Waals surface area contributed by atoms with Crippen molar-refractivity contribution in [2.45, 2.75) is 25.9 Å². The number of hydrogen-bond acceptors (Lipinski definition) is 3. The highest BCUT2D eigenvalue weighted by Gasteiger charge is 2.34. The third kappa shape index (κ3) is 4.58. The molecule has 1 heterocycles. The minimum absolute atomic E-state index is 0.0541. The topological polar surface area (TPSA) is 58.6 Å². The van der Waals surface area contributed by atoms with E-state index in [1.165, 1.54) is 12.1 Å². The summed E-state index contributed by atoms with van der Waals surface area (Å²) in [4.78, 5) is 27.6. The van der Waals surface area contributed by atoms with E-state index < -0.39 is 6.04 Å². The third-order valence-corrected chi connectivity index (χ3v) is 5.31. The van der Waals surface area contributed by atoms with Crippen molar-refractivity contribution in [2.24, 2.45) is 0 Å². The summed E-state index contributed by atoms with van der Waals surface area (Å²) in [5.41, 5.74) is 2.92. The molecule has 0 radical (unpaired) electrons. The lowest BCUT2D eigenvalue weighted by Gasteiger charge is -2.28. The van der Waals surface area contributed by atoms with Gasteiger partial charge in [0.05, 0.1) is 19.1 Å². The number of anilines is 1. The first-order valence-electron chi connectivity index (χ1n) is 10.2. The average molecular weight is 418 g/mol. The number of carbonyl (C=O) groups is 2. The van der Waals surface area contributed by atoms with E-state index >= 15 is 0 Å². The molecule has 5 nitrogen and oxygen atoms in total. The van der Waals surface area contributed by atoms with Crippen molar-refractivity contribution in [2.75, 3.05) is 11.9 Å². The summed E-state index contributed by atoms with van der Waals surface area (Å²) >= 11 is 0. The highest BCUT2D eigenvalue weighted by atomic mass is 19.1. The molecule has 0 aliphatic carbocycles. The van der Waals surface area contributed by atoms with Gasteiger partial charge in [-0.05, 0) is 60.5 Å². The third-order valence-electron chi connectivity index (χ3n) is 5.31. The van der Waals surface area contributed by atoms with Crippen LogP contribution in [0.3, 0.4) is 0 Å². The van der Waals surface area contributed by atoms with Crippen LogP contribution in [0.1, 0.15) is 40.9 Å². The van der Waals surface area contributed by atoms with Crippen molar-refractivity contribution in [3.05, 3.63) is 95.3 Å². The van der Waals surface area contributed by atoms with Crippen molar-refractivity contribution in [1.29, 1.82) is 0 Å². The number of hydrogen-bond donors (Lipinski definition) is 1. The largest absolute Gasteiger partial charge is 0.494 e. The fraction of sp³-hybridized carbons (Fsp3) is 0.200. The molecule has 6 heteroatoms. The number of nitrogens with zero attached hydrogens (tertiary/aromatic N) is 1. The summed E-state index contributed by atoms with van der Waals surface area (Å²) in [6.07, 6.45) is 0.0541. The molecule has 0 aromatic heterocycles. The predicted octanol–water partition coefficient (Wildman–Crippen LogP) is 4.95. The van der Waals surface area contributed by atoms with Crippen LogP contribution in [0.15, 0.2) is 72.8 Å². The Kier molecular flexibility index (Phi) is 5.98. The van der Waals surface area contributed by atoms with E-state index in [1.807, 2.05) is 25.1 Å². The molecule has 1 aliphatic rings. The van der Waals surface area contributed by atoms with Gasteiger partial charge in [-0.25, -0.2) is 4.39 Å². The zero-order chi connectivity index (χ0) is 21.8. The van der Waals surface area contributed by atoms with Crippen LogP contribution >= 0.6 is 0 Å². The molecule has 0 fully saturated rings. The standard InChI is InChI=1S/C25H23FN2O3/c1-2-31-21-13-11-20(12-14-21)27-24(29)15-23(17-7-9-19(26)10-8-17)28-16-18-5-3-4-6-22(18)25(28)30/h3-14,23H,2,15-16H2,1H3,(H,27,29). The second-order valence-electron chi connectivity index (χ2n) is 7.37. The van der Waals surface area contributed by atoms with Gasteiger partial charge in [0, 0.05) is 17.8 Å². The number of benzene rings is 3. The van der Waals surface area contributed by atoms with Crippen molar-refractivity contribution in [3.8, 4) is 5.75 Å². The van der Waals surface area contributed by atoms with Gasteiger partial charge in [-0.1, -0.05) is 30.3 Å². The number of rotatable bonds is 7. The summed E-state index contributed by atoms with van der Waals surface area (Å²) in [6, 6.07) is 20.0. The van der Waals surface area contributed by atoms with Crippen LogP contribution in [0.25, 0.3) is 0 Å². The lowest BCUT2D eigenvalue weighted by Crippen LogP contribution is -2.32. The van der Waals surface area contributed by atoms with Crippen LogP contribution in [-0.4, -0.2) is 23.3 Å². The minimum Gasteiger partial charge on any atom is -0.494 e. The Bertz CT molecular complexity index is 1080. The number of fused-ring (bicyclic) bond motifs is 1. The second kappa shape index (κ2) is 9.00. The summed E-state index contributed by atoms with van der Waals surface area (Å²) in [5, 5.41) is 2.88. The Labute approximate surface area is 180 Å². The summed E-state index contributed by atoms with van der Waals surface area (Å²) in [5.74, 6) is 0.00326. The van der Waals surface area contributed by atoms with Crippen molar-refractivity contribution in [1.82, 2.24) is 4.90 Å². The van der Waals surface area contributed by atoms with E-state index in [1.54, 1.807) is 47.4 Å². The minimum atomic E-state index is -0.511. The van der Waals surface area contributed by atoms with Crippen LogP contribution < -0.4 is 10.1 Å². The lowest BCUT2D eigenvalue weighted by molar-refractivity contribution is -0.117. The molecule has 158 valence electrons. The first-order chi connectivity index (χ1) is 15.0. The Morgan fingerprint density at radius 2 is 1.77 bits per heavy atom. The van der Waals surface area contributed by atoms with Gasteiger partial charge in [-0.2, -0.15) is 0 Å². The normalized spacial score (nSPS) is 13.6. The van der Waals surface area contributed by atoms with E-state index in [2.05, 4.69) is 5.32 Å². The van der Waals surface area contributed by atoms with Gasteiger partial charge in [-0.15, -0.1) is 0 Å². The average Bonchev–Trinajstić information content (AvgIpc) is 3.11. The fourth-order valence-corrected chi connectivity index (χ4v) is 3.81. The molecule has 31 heavy (non-hydrogen) atoms. The molecule has 3 aromatic rings. The SMILES string of the molecule is CCOc1ccc(NC(=O)CC(c2ccc(F)cc2)N2Cc3ccccc3C2=O)cc1. The Balaban J connectivity index is 1.54. The molecular formula is C25H23FN2O3. The zero-order valence-corrected chi connectivity index (χ0v) is 17.2. The van der Waals surface area contributed by atoms with Gasteiger partial charge < -0.3 is 15.0 Å². The maximum absolute atomic E-state index is 13.5. The van der Waals surface area contributed by atoms with Gasteiger partial charge in [-0.3, -0.25) is 9.59 Å². The molecule has 1 N–H and O–H groups in total. The van der Waals surface area contributed by atoms with E-state index in [9.17, 15) is 14.0 Å². The molecular weight excluding hydrogens is 395 g/mol. The maximum atomic E-state index is 13.5. The molecule has 0 spiro atoms. The van der Waals surface area contributed by atoms with Crippen LogP contribution in [0, 0.1) is 5.82 Å². The van der Waals surface area contributed by atoms with E-state index in [-0.39, 0.29) is 24.1 Å². The second-order valence-corrected chi connectivity index (χ2v) is 7.37. The Hall–Kier alpha value is -3.67. The van der Waals surface area contributed by atoms with Gasteiger partial charge >= 0.3 is 0 Å². The van der Waals surface area contributed by atoms with Gasteiger partial charge in [0.1, 0.15) is 11.6 Å². The van der Waals surface area contributed by atoms with Crippen molar-refractivity contribution >= 4 is 17.5 Å². The molecule has 4 rings (SSSR count). The monoisotopic (exact) mass is 418 g/mol. The van der Waals surface area contributed by atoms with Gasteiger partial charge in [0.2, 0.25) is 5.91 Å². The quantitative estimate of drug-likeness (QED) is 0.591. The highest BCUT2D eigenvalue weighted by Crippen LogP contribution is 2.34. The van der Waals surface area contributed by atoms with E-state index in [0.717, 1.165) is 11.3 Å². The number of nitrogens with one attached hydrogen (secondary N) is 1. The van der Waals surface area contributed by atoms with Gasteiger partial charge in [0.15, 0.2) is 0 Å². The predicted molar refractivity (Wildman–Crippen MR) is 116 cm³/mol. The Morgan fingerprint density at radius 3 is 2.45 bits per heavy atom. The van der Waals surface area contributed by atoms with E-state index in [4.69, 9.17) is 4.74 Å². The molecule has 0 bridgehead atoms. The number of halogens is 1. The smallest absolute Gasteiger partial charge is 0.255 e.